The number of rotatable bonds is 5. The fourth-order valence-corrected chi connectivity index (χ4v) is 2.98. The van der Waals surface area contributed by atoms with Crippen molar-refractivity contribution in [3.05, 3.63) is 0 Å². The molecule has 0 aromatic carbocycles. The molecule has 0 bridgehead atoms. The van der Waals surface area contributed by atoms with Gasteiger partial charge in [0.05, 0.1) is 10.9 Å². The fraction of sp³-hybridized carbons (Fsp3) is 0.857. The van der Waals surface area contributed by atoms with Crippen LogP contribution < -0.4 is 5.73 Å². The topological polar surface area (TPSA) is 49.6 Å². The first-order chi connectivity index (χ1) is 9.01. The predicted octanol–water partition coefficient (Wildman–Crippen LogP) is 1.63. The molecule has 5 heteroatoms. The molecule has 1 heterocycles. The maximum atomic E-state index is 12.7. The average Bonchev–Trinajstić information content (AvgIpc) is 2.56. The molecule has 0 radical (unpaired) electrons. The van der Waals surface area contributed by atoms with Crippen molar-refractivity contribution in [2.45, 2.75) is 45.6 Å². The second-order valence-corrected chi connectivity index (χ2v) is 5.92. The third-order valence-corrected chi connectivity index (χ3v) is 4.16. The Labute approximate surface area is 122 Å². The Morgan fingerprint density at radius 3 is 2.63 bits per heavy atom. The van der Waals surface area contributed by atoms with Crippen LogP contribution in [0, 0.1) is 5.92 Å². The standard InChI is InChI=1S/C14H27N3OS/c1-4-7-12(13(15)19)14(18)17-9-6-8-16(3)10-11(17)5-2/h11-12H,4-10H2,1-3H3,(H2,15,19). The van der Waals surface area contributed by atoms with E-state index >= 15 is 0 Å². The molecular formula is C14H27N3OS. The number of carbonyl (C=O) groups excluding carboxylic acids is 1. The van der Waals surface area contributed by atoms with Crippen molar-refractivity contribution < 1.29 is 4.79 Å². The van der Waals surface area contributed by atoms with E-state index in [0.717, 1.165) is 45.3 Å². The van der Waals surface area contributed by atoms with Crippen LogP contribution in [0.4, 0.5) is 0 Å². The van der Waals surface area contributed by atoms with Gasteiger partial charge in [0, 0.05) is 19.1 Å². The summed E-state index contributed by atoms with van der Waals surface area (Å²) in [6, 6.07) is 0.286. The lowest BCUT2D eigenvalue weighted by Gasteiger charge is -2.33. The molecule has 2 N–H and O–H groups in total. The van der Waals surface area contributed by atoms with Gasteiger partial charge in [-0.3, -0.25) is 4.79 Å². The largest absolute Gasteiger partial charge is 0.393 e. The van der Waals surface area contributed by atoms with Crippen LogP contribution in [0.5, 0.6) is 0 Å². The summed E-state index contributed by atoms with van der Waals surface area (Å²) in [5, 5.41) is 0. The Balaban J connectivity index is 2.83. The molecule has 1 fully saturated rings. The number of hydrogen-bond donors (Lipinski definition) is 1. The number of hydrogen-bond acceptors (Lipinski definition) is 3. The van der Waals surface area contributed by atoms with Gasteiger partial charge in [-0.05, 0) is 32.9 Å². The molecule has 2 atom stereocenters. The van der Waals surface area contributed by atoms with Gasteiger partial charge in [-0.2, -0.15) is 0 Å². The van der Waals surface area contributed by atoms with Gasteiger partial charge in [0.1, 0.15) is 0 Å². The maximum absolute atomic E-state index is 12.7. The van der Waals surface area contributed by atoms with Crippen LogP contribution in [0.3, 0.4) is 0 Å². The van der Waals surface area contributed by atoms with Crippen molar-refractivity contribution in [1.29, 1.82) is 0 Å². The van der Waals surface area contributed by atoms with Crippen LogP contribution in [0.15, 0.2) is 0 Å². The van der Waals surface area contributed by atoms with Gasteiger partial charge in [0.15, 0.2) is 0 Å². The molecule has 0 aromatic rings. The second kappa shape index (κ2) is 7.80. The number of thiocarbonyl (C=S) groups is 1. The summed E-state index contributed by atoms with van der Waals surface area (Å²) in [5.41, 5.74) is 5.76. The Morgan fingerprint density at radius 2 is 2.11 bits per heavy atom. The molecule has 0 aliphatic carbocycles. The van der Waals surface area contributed by atoms with Crippen LogP contribution >= 0.6 is 12.2 Å². The van der Waals surface area contributed by atoms with Crippen LogP contribution in [0.25, 0.3) is 0 Å². The third kappa shape index (κ3) is 4.42. The first kappa shape index (κ1) is 16.4. The van der Waals surface area contributed by atoms with E-state index < -0.39 is 0 Å². The van der Waals surface area contributed by atoms with Crippen molar-refractivity contribution >= 4 is 23.1 Å². The number of nitrogens with zero attached hydrogens (tertiary/aromatic N) is 2. The molecule has 2 unspecified atom stereocenters. The van der Waals surface area contributed by atoms with Crippen LogP contribution in [0.1, 0.15) is 39.5 Å². The summed E-state index contributed by atoms with van der Waals surface area (Å²) in [6.07, 6.45) is 3.69. The van der Waals surface area contributed by atoms with Gasteiger partial charge in [-0.1, -0.05) is 32.5 Å². The van der Waals surface area contributed by atoms with Gasteiger partial charge >= 0.3 is 0 Å². The van der Waals surface area contributed by atoms with Crippen molar-refractivity contribution in [1.82, 2.24) is 9.80 Å². The molecule has 1 aliphatic rings. The lowest BCUT2D eigenvalue weighted by Crippen LogP contribution is -2.48. The molecule has 0 aromatic heterocycles. The van der Waals surface area contributed by atoms with Gasteiger partial charge in [-0.15, -0.1) is 0 Å². The van der Waals surface area contributed by atoms with Crippen LogP contribution in [-0.4, -0.2) is 53.4 Å². The Morgan fingerprint density at radius 1 is 1.42 bits per heavy atom. The maximum Gasteiger partial charge on any atom is 0.232 e. The molecule has 0 saturated carbocycles. The van der Waals surface area contributed by atoms with E-state index in [1.807, 2.05) is 4.90 Å². The SMILES string of the molecule is CCCC(C(=O)N1CCCN(C)CC1CC)C(N)=S. The molecule has 110 valence electrons. The van der Waals surface area contributed by atoms with Gasteiger partial charge in [0.2, 0.25) is 5.91 Å². The van der Waals surface area contributed by atoms with E-state index in [4.69, 9.17) is 18.0 Å². The summed E-state index contributed by atoms with van der Waals surface area (Å²) < 4.78 is 0. The van der Waals surface area contributed by atoms with E-state index in [1.165, 1.54) is 0 Å². The first-order valence-corrected chi connectivity index (χ1v) is 7.70. The van der Waals surface area contributed by atoms with Crippen molar-refractivity contribution in [2.24, 2.45) is 11.7 Å². The monoisotopic (exact) mass is 285 g/mol. The lowest BCUT2D eigenvalue weighted by molar-refractivity contribution is -0.135. The molecule has 1 aliphatic heterocycles. The quantitative estimate of drug-likeness (QED) is 0.780. The number of amides is 1. The fourth-order valence-electron chi connectivity index (χ4n) is 2.76. The number of carbonyl (C=O) groups is 1. The minimum atomic E-state index is -0.280. The summed E-state index contributed by atoms with van der Waals surface area (Å²) in [5.74, 6) is -0.144. The minimum absolute atomic E-state index is 0.136. The van der Waals surface area contributed by atoms with E-state index in [0.29, 0.717) is 4.99 Å². The van der Waals surface area contributed by atoms with E-state index in [-0.39, 0.29) is 17.9 Å². The van der Waals surface area contributed by atoms with E-state index in [9.17, 15) is 4.79 Å². The molecule has 19 heavy (non-hydrogen) atoms. The normalized spacial score (nSPS) is 22.9. The summed E-state index contributed by atoms with van der Waals surface area (Å²) >= 11 is 5.08. The zero-order valence-corrected chi connectivity index (χ0v) is 13.2. The summed E-state index contributed by atoms with van der Waals surface area (Å²) in [7, 11) is 2.12. The Kier molecular flexibility index (Phi) is 6.72. The second-order valence-electron chi connectivity index (χ2n) is 5.45. The van der Waals surface area contributed by atoms with Crippen LogP contribution in [-0.2, 0) is 4.79 Å². The first-order valence-electron chi connectivity index (χ1n) is 7.29. The average molecular weight is 285 g/mol. The highest BCUT2D eigenvalue weighted by Crippen LogP contribution is 2.18. The van der Waals surface area contributed by atoms with E-state index in [1.54, 1.807) is 0 Å². The summed E-state index contributed by atoms with van der Waals surface area (Å²) in [4.78, 5) is 17.4. The van der Waals surface area contributed by atoms with Gasteiger partial charge in [0.25, 0.3) is 0 Å². The van der Waals surface area contributed by atoms with Crippen LogP contribution in [0.2, 0.25) is 0 Å². The molecular weight excluding hydrogens is 258 g/mol. The zero-order valence-electron chi connectivity index (χ0n) is 12.4. The Bertz CT molecular complexity index is 322. The third-order valence-electron chi connectivity index (χ3n) is 3.88. The smallest absolute Gasteiger partial charge is 0.232 e. The Hall–Kier alpha value is -0.680. The molecule has 1 saturated heterocycles. The summed E-state index contributed by atoms with van der Waals surface area (Å²) in [6.45, 7) is 7.01. The van der Waals surface area contributed by atoms with E-state index in [2.05, 4.69) is 25.8 Å². The molecule has 1 amide bonds. The minimum Gasteiger partial charge on any atom is -0.393 e. The predicted molar refractivity (Wildman–Crippen MR) is 83.1 cm³/mol. The number of nitrogens with two attached hydrogens (primary N) is 1. The highest BCUT2D eigenvalue weighted by atomic mass is 32.1. The molecule has 0 spiro atoms. The number of likely N-dealkylation sites (N-methyl/N-ethyl adjacent to an activating group) is 1. The zero-order chi connectivity index (χ0) is 14.4. The van der Waals surface area contributed by atoms with Crippen molar-refractivity contribution in [3.63, 3.8) is 0 Å². The van der Waals surface area contributed by atoms with Crippen molar-refractivity contribution in [2.75, 3.05) is 26.7 Å². The van der Waals surface area contributed by atoms with Gasteiger partial charge in [-0.25, -0.2) is 0 Å². The lowest BCUT2D eigenvalue weighted by atomic mass is 10.0. The van der Waals surface area contributed by atoms with Crippen molar-refractivity contribution in [3.8, 4) is 0 Å². The highest BCUT2D eigenvalue weighted by molar-refractivity contribution is 7.80. The molecule has 1 rings (SSSR count). The van der Waals surface area contributed by atoms with Gasteiger partial charge < -0.3 is 15.5 Å². The highest BCUT2D eigenvalue weighted by Gasteiger charge is 2.31. The molecule has 4 nitrogen and oxygen atoms in total.